The van der Waals surface area contributed by atoms with Gasteiger partial charge >= 0.3 is 0 Å². The van der Waals surface area contributed by atoms with Crippen molar-refractivity contribution >= 4 is 39.8 Å². The molecule has 1 aromatic carbocycles. The number of amides is 1. The molecule has 1 fully saturated rings. The second-order valence-corrected chi connectivity index (χ2v) is 7.91. The van der Waals surface area contributed by atoms with Crippen molar-refractivity contribution in [1.29, 1.82) is 0 Å². The Labute approximate surface area is 189 Å². The number of aromatic nitrogens is 1. The lowest BCUT2D eigenvalue weighted by Crippen LogP contribution is -2.49. The smallest absolute Gasteiger partial charge is 0.256 e. The summed E-state index contributed by atoms with van der Waals surface area (Å²) in [6, 6.07) is 4.41. The first-order valence-electron chi connectivity index (χ1n) is 9.10. The third-order valence-corrected chi connectivity index (χ3v) is 5.41. The van der Waals surface area contributed by atoms with Crippen LogP contribution in [-0.2, 0) is 0 Å². The lowest BCUT2D eigenvalue weighted by molar-refractivity contribution is 0.0642. The van der Waals surface area contributed by atoms with Crippen molar-refractivity contribution < 1.29 is 13.6 Å². The molecule has 0 aliphatic carbocycles. The van der Waals surface area contributed by atoms with E-state index in [-0.39, 0.29) is 29.1 Å². The molecule has 0 saturated carbocycles. The van der Waals surface area contributed by atoms with Crippen LogP contribution >= 0.6 is 22.9 Å². The summed E-state index contributed by atoms with van der Waals surface area (Å²) >= 11 is 6.61. The molecule has 1 saturated heterocycles. The number of thiazole rings is 1. The van der Waals surface area contributed by atoms with Gasteiger partial charge in [-0.3, -0.25) is 9.69 Å². The summed E-state index contributed by atoms with van der Waals surface area (Å²) in [4.78, 5) is 24.3. The van der Waals surface area contributed by atoms with Gasteiger partial charge in [0.1, 0.15) is 5.84 Å². The van der Waals surface area contributed by atoms with Crippen molar-refractivity contribution in [3.8, 4) is 0 Å². The number of rotatable bonds is 6. The molecule has 0 spiro atoms. The third kappa shape index (κ3) is 6.43. The Balaban J connectivity index is 0.00000341. The molecule has 0 radical (unpaired) electrons. The molecule has 1 aliphatic heterocycles. The SMILES string of the molecule is C.C=C/C(=N/c1ncc(F)s1)NC(=C)CN1CCN(C(=O)c2cccc(Cl)c2F)CC1. The van der Waals surface area contributed by atoms with E-state index in [1.807, 2.05) is 0 Å². The van der Waals surface area contributed by atoms with E-state index in [9.17, 15) is 13.6 Å². The highest BCUT2D eigenvalue weighted by atomic mass is 35.5. The van der Waals surface area contributed by atoms with Crippen LogP contribution in [0.5, 0.6) is 0 Å². The van der Waals surface area contributed by atoms with E-state index in [0.717, 1.165) is 17.5 Å². The molecule has 1 amide bonds. The van der Waals surface area contributed by atoms with Gasteiger partial charge in [0.15, 0.2) is 10.9 Å². The summed E-state index contributed by atoms with van der Waals surface area (Å²) in [5, 5.41) is 2.84. The predicted molar refractivity (Wildman–Crippen MR) is 122 cm³/mol. The number of benzene rings is 1. The van der Waals surface area contributed by atoms with Gasteiger partial charge in [-0.2, -0.15) is 4.39 Å². The molecule has 2 aromatic rings. The maximum absolute atomic E-state index is 14.1. The van der Waals surface area contributed by atoms with Crippen molar-refractivity contribution in [2.75, 3.05) is 32.7 Å². The lowest BCUT2D eigenvalue weighted by atomic mass is 10.1. The van der Waals surface area contributed by atoms with Gasteiger partial charge in [-0.15, -0.1) is 0 Å². The van der Waals surface area contributed by atoms with Gasteiger partial charge in [0, 0.05) is 38.4 Å². The quantitative estimate of drug-likeness (QED) is 0.502. The zero-order valence-electron chi connectivity index (χ0n) is 16.1. The van der Waals surface area contributed by atoms with Crippen LogP contribution in [-0.4, -0.2) is 59.3 Å². The van der Waals surface area contributed by atoms with Gasteiger partial charge in [-0.05, 0) is 18.2 Å². The van der Waals surface area contributed by atoms with Gasteiger partial charge < -0.3 is 10.2 Å². The molecule has 10 heteroatoms. The topological polar surface area (TPSA) is 60.8 Å². The van der Waals surface area contributed by atoms with Crippen LogP contribution in [0.2, 0.25) is 5.02 Å². The summed E-state index contributed by atoms with van der Waals surface area (Å²) in [7, 11) is 0. The van der Waals surface area contributed by atoms with Crippen LogP contribution in [0.15, 0.2) is 54.3 Å². The zero-order valence-corrected chi connectivity index (χ0v) is 17.6. The molecule has 0 bridgehead atoms. The highest BCUT2D eigenvalue weighted by Gasteiger charge is 2.25. The first-order chi connectivity index (χ1) is 14.4. The molecule has 1 N–H and O–H groups in total. The van der Waals surface area contributed by atoms with Crippen molar-refractivity contribution in [3.63, 3.8) is 0 Å². The molecule has 1 aliphatic rings. The van der Waals surface area contributed by atoms with Gasteiger partial charge in [0.05, 0.1) is 16.8 Å². The molecule has 1 aromatic heterocycles. The molecule has 3 rings (SSSR count). The number of nitrogens with one attached hydrogen (secondary N) is 1. The van der Waals surface area contributed by atoms with Gasteiger partial charge in [-0.1, -0.05) is 49.6 Å². The second-order valence-electron chi connectivity index (χ2n) is 6.55. The fourth-order valence-electron chi connectivity index (χ4n) is 2.96. The van der Waals surface area contributed by atoms with Gasteiger partial charge in [0.25, 0.3) is 5.91 Å². The van der Waals surface area contributed by atoms with Crippen LogP contribution in [0.4, 0.5) is 13.9 Å². The van der Waals surface area contributed by atoms with Gasteiger partial charge in [0.2, 0.25) is 5.13 Å². The van der Waals surface area contributed by atoms with E-state index in [1.54, 1.807) is 11.0 Å². The highest BCUT2D eigenvalue weighted by molar-refractivity contribution is 7.13. The summed E-state index contributed by atoms with van der Waals surface area (Å²) in [6.45, 7) is 10.3. The number of hydrogen-bond donors (Lipinski definition) is 1. The Bertz CT molecular complexity index is 986. The van der Waals surface area contributed by atoms with Crippen LogP contribution < -0.4 is 5.32 Å². The summed E-state index contributed by atoms with van der Waals surface area (Å²) in [6.07, 6.45) is 2.61. The minimum atomic E-state index is -0.694. The predicted octanol–water partition coefficient (Wildman–Crippen LogP) is 4.49. The van der Waals surface area contributed by atoms with Crippen LogP contribution in [0.1, 0.15) is 17.8 Å². The van der Waals surface area contributed by atoms with Crippen molar-refractivity contribution in [3.05, 3.63) is 70.9 Å². The fraction of sp³-hybridized carbons (Fsp3) is 0.286. The van der Waals surface area contributed by atoms with E-state index in [0.29, 0.717) is 44.3 Å². The Morgan fingerprint density at radius 3 is 2.65 bits per heavy atom. The summed E-state index contributed by atoms with van der Waals surface area (Å²) in [5.41, 5.74) is 0.652. The fourth-order valence-corrected chi connectivity index (χ4v) is 3.67. The zero-order chi connectivity index (χ0) is 21.7. The first kappa shape index (κ1) is 24.6. The molecular formula is C21H24ClF2N5OS. The average molecular weight is 468 g/mol. The number of halogens is 3. The monoisotopic (exact) mass is 467 g/mol. The molecule has 31 heavy (non-hydrogen) atoms. The number of amidine groups is 1. The summed E-state index contributed by atoms with van der Waals surface area (Å²) < 4.78 is 27.2. The van der Waals surface area contributed by atoms with Gasteiger partial charge in [-0.25, -0.2) is 14.4 Å². The largest absolute Gasteiger partial charge is 0.343 e. The molecule has 166 valence electrons. The summed E-state index contributed by atoms with van der Waals surface area (Å²) in [5.74, 6) is -0.650. The van der Waals surface area contributed by atoms with E-state index in [1.165, 1.54) is 18.2 Å². The maximum Gasteiger partial charge on any atom is 0.256 e. The lowest BCUT2D eigenvalue weighted by Gasteiger charge is -2.35. The van der Waals surface area contributed by atoms with Crippen molar-refractivity contribution in [1.82, 2.24) is 20.1 Å². The number of piperazine rings is 1. The molecule has 2 heterocycles. The molecule has 0 atom stereocenters. The molecule has 6 nitrogen and oxygen atoms in total. The van der Waals surface area contributed by atoms with Crippen molar-refractivity contribution in [2.24, 2.45) is 4.99 Å². The highest BCUT2D eigenvalue weighted by Crippen LogP contribution is 2.21. The van der Waals surface area contributed by atoms with E-state index in [4.69, 9.17) is 11.6 Å². The van der Waals surface area contributed by atoms with Crippen LogP contribution in [0, 0.1) is 10.9 Å². The minimum Gasteiger partial charge on any atom is -0.343 e. The Kier molecular flexibility index (Phi) is 8.85. The maximum atomic E-state index is 14.1. The minimum absolute atomic E-state index is 0. The van der Waals surface area contributed by atoms with E-state index >= 15 is 0 Å². The standard InChI is InChI=1S/C20H20ClF2N5OS.CH4/c1-3-17(26-20-24-11-16(22)30-20)25-13(2)12-27-7-9-28(10-8-27)19(29)14-5-4-6-15(21)18(14)23;/h3-6,11H,1-2,7-10,12H2,(H,24,25,26);1H4. The number of carbonyl (C=O) groups is 1. The third-order valence-electron chi connectivity index (χ3n) is 4.44. The van der Waals surface area contributed by atoms with E-state index < -0.39 is 10.9 Å². The number of aliphatic imine (C=N–C) groups is 1. The Morgan fingerprint density at radius 1 is 1.32 bits per heavy atom. The molecular weight excluding hydrogens is 444 g/mol. The van der Waals surface area contributed by atoms with E-state index in [2.05, 4.69) is 33.4 Å². The Morgan fingerprint density at radius 2 is 2.03 bits per heavy atom. The Hall–Kier alpha value is -2.62. The number of hydrogen-bond acceptors (Lipinski definition) is 5. The molecule has 0 unspecified atom stereocenters. The van der Waals surface area contributed by atoms with Crippen molar-refractivity contribution in [2.45, 2.75) is 7.43 Å². The number of nitrogens with zero attached hydrogens (tertiary/aromatic N) is 4. The second kappa shape index (κ2) is 11.1. The number of carbonyl (C=O) groups excluding carboxylic acids is 1. The van der Waals surface area contributed by atoms with Crippen LogP contribution in [0.3, 0.4) is 0 Å². The average Bonchev–Trinajstić information content (AvgIpc) is 3.14. The first-order valence-corrected chi connectivity index (χ1v) is 10.3. The van der Waals surface area contributed by atoms with Crippen LogP contribution in [0.25, 0.3) is 0 Å². The normalized spacial score (nSPS) is 14.7.